The molecule has 0 radical (unpaired) electrons. The first kappa shape index (κ1) is 22.1. The van der Waals surface area contributed by atoms with E-state index in [0.717, 1.165) is 48.3 Å². The molecule has 0 aliphatic carbocycles. The summed E-state index contributed by atoms with van der Waals surface area (Å²) >= 11 is 0. The van der Waals surface area contributed by atoms with E-state index in [0.29, 0.717) is 23.4 Å². The predicted molar refractivity (Wildman–Crippen MR) is 121 cm³/mol. The molecular weight excluding hydrogens is 415 g/mol. The lowest BCUT2D eigenvalue weighted by Gasteiger charge is -2.19. The number of hydrogen-bond acceptors (Lipinski definition) is 3. The first-order chi connectivity index (χ1) is 15.4. The molecule has 0 spiro atoms. The summed E-state index contributed by atoms with van der Waals surface area (Å²) in [5.74, 6) is 1.33. The molecule has 3 aromatic carbocycles. The van der Waals surface area contributed by atoms with E-state index in [1.165, 1.54) is 6.07 Å². The molecule has 0 saturated carbocycles. The molecule has 0 N–H and O–H groups in total. The van der Waals surface area contributed by atoms with Gasteiger partial charge < -0.3 is 14.2 Å². The van der Waals surface area contributed by atoms with Gasteiger partial charge in [-0.1, -0.05) is 50.2 Å². The first-order valence-electron chi connectivity index (χ1n) is 10.8. The minimum atomic E-state index is -4.40. The lowest BCUT2D eigenvalue weighted by Crippen LogP contribution is -2.27. The average Bonchev–Trinajstić information content (AvgIpc) is 3.14. The lowest BCUT2D eigenvalue weighted by atomic mass is 10.1. The SMILES string of the molecule is CCN(CC)CCn1c(COc2cccc3ccccc23)nc2cc(C(F)(F)F)ccc21. The van der Waals surface area contributed by atoms with E-state index in [1.54, 1.807) is 0 Å². The molecule has 32 heavy (non-hydrogen) atoms. The standard InChI is InChI=1S/C25H26F3N3O/c1-3-30(4-2)14-15-31-22-13-12-19(25(26,27)28)16-21(22)29-24(31)17-32-23-11-7-9-18-8-5-6-10-20(18)23/h5-13,16H,3-4,14-15,17H2,1-2H3. The fraction of sp³-hybridized carbons (Fsp3) is 0.320. The molecule has 4 nitrogen and oxygen atoms in total. The van der Waals surface area contributed by atoms with Crippen molar-refractivity contribution in [3.8, 4) is 5.75 Å². The van der Waals surface area contributed by atoms with Crippen molar-refractivity contribution < 1.29 is 17.9 Å². The zero-order valence-electron chi connectivity index (χ0n) is 18.2. The van der Waals surface area contributed by atoms with E-state index in [1.807, 2.05) is 47.0 Å². The van der Waals surface area contributed by atoms with Crippen LogP contribution in [0.15, 0.2) is 60.7 Å². The van der Waals surface area contributed by atoms with Gasteiger partial charge in [-0.2, -0.15) is 13.2 Å². The molecule has 1 aromatic heterocycles. The molecule has 1 heterocycles. The summed E-state index contributed by atoms with van der Waals surface area (Å²) in [7, 11) is 0. The average molecular weight is 441 g/mol. The molecular formula is C25H26F3N3O. The van der Waals surface area contributed by atoms with Crippen molar-refractivity contribution in [2.45, 2.75) is 33.2 Å². The monoisotopic (exact) mass is 441 g/mol. The molecule has 4 aromatic rings. The van der Waals surface area contributed by atoms with Crippen molar-refractivity contribution in [2.24, 2.45) is 0 Å². The van der Waals surface area contributed by atoms with Crippen LogP contribution in [0.25, 0.3) is 21.8 Å². The Labute approximate surface area is 185 Å². The van der Waals surface area contributed by atoms with Crippen LogP contribution in [0.1, 0.15) is 25.2 Å². The number of benzene rings is 3. The van der Waals surface area contributed by atoms with Crippen LogP contribution in [0.4, 0.5) is 13.2 Å². The zero-order valence-corrected chi connectivity index (χ0v) is 18.2. The van der Waals surface area contributed by atoms with Crippen LogP contribution >= 0.6 is 0 Å². The zero-order chi connectivity index (χ0) is 22.7. The number of alkyl halides is 3. The van der Waals surface area contributed by atoms with Gasteiger partial charge in [0.25, 0.3) is 0 Å². The third-order valence-corrected chi connectivity index (χ3v) is 5.80. The molecule has 0 saturated heterocycles. The molecule has 0 amide bonds. The van der Waals surface area contributed by atoms with Crippen LogP contribution in [0, 0.1) is 0 Å². The Kier molecular flexibility index (Phi) is 6.37. The Hall–Kier alpha value is -3.06. The summed E-state index contributed by atoms with van der Waals surface area (Å²) in [4.78, 5) is 6.80. The summed E-state index contributed by atoms with van der Waals surface area (Å²) in [6.45, 7) is 7.57. The third kappa shape index (κ3) is 4.58. The second-order valence-electron chi connectivity index (χ2n) is 7.67. The van der Waals surface area contributed by atoms with Gasteiger partial charge in [0.15, 0.2) is 0 Å². The second kappa shape index (κ2) is 9.20. The Morgan fingerprint density at radius 2 is 1.72 bits per heavy atom. The fourth-order valence-corrected chi connectivity index (χ4v) is 3.96. The number of rotatable bonds is 8. The summed E-state index contributed by atoms with van der Waals surface area (Å²) < 4.78 is 47.7. The number of halogens is 3. The van der Waals surface area contributed by atoms with Gasteiger partial charge in [-0.25, -0.2) is 4.98 Å². The number of nitrogens with zero attached hydrogens (tertiary/aromatic N) is 3. The summed E-state index contributed by atoms with van der Waals surface area (Å²) in [5.41, 5.74) is 0.317. The van der Waals surface area contributed by atoms with Gasteiger partial charge in [-0.05, 0) is 42.7 Å². The quantitative estimate of drug-likeness (QED) is 0.330. The van der Waals surface area contributed by atoms with Crippen molar-refractivity contribution in [1.82, 2.24) is 14.5 Å². The molecule has 0 aliphatic rings. The van der Waals surface area contributed by atoms with E-state index >= 15 is 0 Å². The molecule has 0 unspecified atom stereocenters. The van der Waals surface area contributed by atoms with Gasteiger partial charge in [-0.15, -0.1) is 0 Å². The minimum absolute atomic E-state index is 0.169. The van der Waals surface area contributed by atoms with Crippen LogP contribution < -0.4 is 4.74 Å². The summed E-state index contributed by atoms with van der Waals surface area (Å²) in [5, 5.41) is 2.05. The molecule has 0 fully saturated rings. The Morgan fingerprint density at radius 3 is 2.47 bits per heavy atom. The minimum Gasteiger partial charge on any atom is -0.485 e. The van der Waals surface area contributed by atoms with Gasteiger partial charge in [0.1, 0.15) is 18.2 Å². The molecule has 4 rings (SSSR count). The van der Waals surface area contributed by atoms with E-state index in [4.69, 9.17) is 4.74 Å². The summed E-state index contributed by atoms with van der Waals surface area (Å²) in [6.07, 6.45) is -4.40. The van der Waals surface area contributed by atoms with Crippen LogP contribution in [-0.2, 0) is 19.3 Å². The molecule has 0 atom stereocenters. The number of likely N-dealkylation sites (N-methyl/N-ethyl adjacent to an activating group) is 1. The lowest BCUT2D eigenvalue weighted by molar-refractivity contribution is -0.137. The first-order valence-corrected chi connectivity index (χ1v) is 10.8. The number of fused-ring (bicyclic) bond motifs is 2. The number of hydrogen-bond donors (Lipinski definition) is 0. The predicted octanol–water partition coefficient (Wildman–Crippen LogP) is 6.13. The highest BCUT2D eigenvalue weighted by Crippen LogP contribution is 2.32. The molecule has 0 aliphatic heterocycles. The van der Waals surface area contributed by atoms with Crippen molar-refractivity contribution in [2.75, 3.05) is 19.6 Å². The highest BCUT2D eigenvalue weighted by molar-refractivity contribution is 5.88. The number of aromatic nitrogens is 2. The maximum Gasteiger partial charge on any atom is 0.416 e. The van der Waals surface area contributed by atoms with Crippen LogP contribution in [0.5, 0.6) is 5.75 Å². The van der Waals surface area contributed by atoms with Gasteiger partial charge in [0.2, 0.25) is 0 Å². The van der Waals surface area contributed by atoms with E-state index in [9.17, 15) is 13.2 Å². The molecule has 7 heteroatoms. The van der Waals surface area contributed by atoms with Crippen LogP contribution in [0.3, 0.4) is 0 Å². The number of imidazole rings is 1. The topological polar surface area (TPSA) is 30.3 Å². The van der Waals surface area contributed by atoms with E-state index in [2.05, 4.69) is 23.7 Å². The van der Waals surface area contributed by atoms with Crippen LogP contribution in [-0.4, -0.2) is 34.1 Å². The van der Waals surface area contributed by atoms with Gasteiger partial charge >= 0.3 is 6.18 Å². The van der Waals surface area contributed by atoms with Gasteiger partial charge in [0.05, 0.1) is 16.6 Å². The van der Waals surface area contributed by atoms with Crippen LogP contribution in [0.2, 0.25) is 0 Å². The molecule has 0 bridgehead atoms. The fourth-order valence-electron chi connectivity index (χ4n) is 3.96. The van der Waals surface area contributed by atoms with Gasteiger partial charge in [0, 0.05) is 18.5 Å². The van der Waals surface area contributed by atoms with Crippen molar-refractivity contribution in [3.63, 3.8) is 0 Å². The van der Waals surface area contributed by atoms with Crippen molar-refractivity contribution in [3.05, 3.63) is 72.1 Å². The van der Waals surface area contributed by atoms with Crippen molar-refractivity contribution >= 4 is 21.8 Å². The van der Waals surface area contributed by atoms with E-state index < -0.39 is 11.7 Å². The number of ether oxygens (including phenoxy) is 1. The second-order valence-corrected chi connectivity index (χ2v) is 7.67. The Bertz CT molecular complexity index is 1210. The Balaban J connectivity index is 1.68. The maximum absolute atomic E-state index is 13.2. The smallest absolute Gasteiger partial charge is 0.416 e. The largest absolute Gasteiger partial charge is 0.485 e. The van der Waals surface area contributed by atoms with Crippen molar-refractivity contribution in [1.29, 1.82) is 0 Å². The molecule has 168 valence electrons. The Morgan fingerprint density at radius 1 is 0.969 bits per heavy atom. The van der Waals surface area contributed by atoms with Gasteiger partial charge in [-0.3, -0.25) is 0 Å². The van der Waals surface area contributed by atoms with E-state index in [-0.39, 0.29) is 6.61 Å². The normalized spacial score (nSPS) is 12.2. The summed E-state index contributed by atoms with van der Waals surface area (Å²) in [6, 6.07) is 17.5. The maximum atomic E-state index is 13.2. The highest BCUT2D eigenvalue weighted by Gasteiger charge is 2.31. The third-order valence-electron chi connectivity index (χ3n) is 5.80. The highest BCUT2D eigenvalue weighted by atomic mass is 19.4.